The van der Waals surface area contributed by atoms with E-state index in [1.807, 2.05) is 17.5 Å². The normalized spacial score (nSPS) is 15.9. The first-order valence-electron chi connectivity index (χ1n) is 4.78. The number of thiophene rings is 1. The van der Waals surface area contributed by atoms with E-state index in [1.165, 1.54) is 11.3 Å². The molecule has 0 amide bonds. The molecule has 0 spiro atoms. The van der Waals surface area contributed by atoms with Crippen molar-refractivity contribution >= 4 is 23.0 Å². The van der Waals surface area contributed by atoms with Gasteiger partial charge >= 0.3 is 0 Å². The molecule has 1 aliphatic heterocycles. The molecule has 0 bridgehead atoms. The molecule has 5 heteroatoms. The van der Waals surface area contributed by atoms with Gasteiger partial charge in [0.25, 0.3) is 0 Å². The van der Waals surface area contributed by atoms with Crippen LogP contribution in [-0.4, -0.2) is 37.9 Å². The second-order valence-corrected chi connectivity index (χ2v) is 4.08. The number of aliphatic imine (C=N–C) groups is 1. The van der Waals surface area contributed by atoms with E-state index in [-0.39, 0.29) is 5.78 Å². The van der Waals surface area contributed by atoms with Crippen molar-refractivity contribution in [3.63, 3.8) is 0 Å². The number of hydrogen-bond acceptors (Lipinski definition) is 5. The van der Waals surface area contributed by atoms with Crippen LogP contribution in [0.15, 0.2) is 22.5 Å². The fraction of sp³-hybridized carbons (Fsp3) is 0.400. The Bertz CT molecular complexity index is 360. The maximum atomic E-state index is 11.6. The third-order valence-corrected chi connectivity index (χ3v) is 2.94. The second-order valence-electron chi connectivity index (χ2n) is 3.14. The molecule has 4 nitrogen and oxygen atoms in total. The van der Waals surface area contributed by atoms with Crippen molar-refractivity contribution in [1.82, 2.24) is 5.32 Å². The molecule has 2 heterocycles. The number of nitrogens with zero attached hydrogens (tertiary/aromatic N) is 1. The zero-order valence-corrected chi connectivity index (χ0v) is 9.05. The van der Waals surface area contributed by atoms with E-state index in [9.17, 15) is 4.79 Å². The van der Waals surface area contributed by atoms with E-state index >= 15 is 0 Å². The van der Waals surface area contributed by atoms with Gasteiger partial charge < -0.3 is 10.1 Å². The monoisotopic (exact) mass is 224 g/mol. The van der Waals surface area contributed by atoms with E-state index in [0.29, 0.717) is 26.3 Å². The Morgan fingerprint density at radius 1 is 1.67 bits per heavy atom. The van der Waals surface area contributed by atoms with Crippen LogP contribution in [0.2, 0.25) is 0 Å². The van der Waals surface area contributed by atoms with Gasteiger partial charge in [0, 0.05) is 0 Å². The third kappa shape index (κ3) is 2.87. The Labute approximate surface area is 92.0 Å². The fourth-order valence-electron chi connectivity index (χ4n) is 1.27. The summed E-state index contributed by atoms with van der Waals surface area (Å²) in [6.45, 7) is 2.13. The van der Waals surface area contributed by atoms with Gasteiger partial charge in [0.15, 0.2) is 5.78 Å². The summed E-state index contributed by atoms with van der Waals surface area (Å²) in [5, 5.41) is 4.89. The molecule has 0 atom stereocenters. The largest absolute Gasteiger partial charge is 0.372 e. The number of carbonyl (C=O) groups is 1. The molecule has 1 aliphatic rings. The molecule has 1 aromatic heterocycles. The standard InChI is InChI=1S/C10H12N2O2S/c13-8(9-2-1-5-15-9)6-12-10-7-14-4-3-11-10/h1-2,5H,3-4,6-7H2,(H,11,12). The van der Waals surface area contributed by atoms with Crippen molar-refractivity contribution < 1.29 is 9.53 Å². The lowest BCUT2D eigenvalue weighted by Crippen LogP contribution is -2.35. The van der Waals surface area contributed by atoms with Gasteiger partial charge in [-0.2, -0.15) is 0 Å². The van der Waals surface area contributed by atoms with Crippen molar-refractivity contribution in [2.75, 3.05) is 26.3 Å². The average Bonchev–Trinajstić information content (AvgIpc) is 2.81. The second kappa shape index (κ2) is 5.04. The quantitative estimate of drug-likeness (QED) is 0.778. The fourth-order valence-corrected chi connectivity index (χ4v) is 1.94. The molecule has 0 radical (unpaired) electrons. The van der Waals surface area contributed by atoms with Crippen LogP contribution in [0.3, 0.4) is 0 Å². The molecule has 0 saturated heterocycles. The minimum Gasteiger partial charge on any atom is -0.372 e. The topological polar surface area (TPSA) is 50.7 Å². The van der Waals surface area contributed by atoms with Crippen LogP contribution in [0, 0.1) is 0 Å². The molecule has 0 aliphatic carbocycles. The number of hydrogen-bond donors (Lipinski definition) is 1. The number of carbonyl (C=O) groups excluding carboxylic acids is 1. The molecule has 0 unspecified atom stereocenters. The minimum atomic E-state index is 0.0956. The number of ketones is 1. The first kappa shape index (κ1) is 10.3. The number of amidine groups is 1. The number of Topliss-reactive ketones (excluding diaryl/α,β-unsaturated/α-hetero) is 1. The highest BCUT2D eigenvalue weighted by molar-refractivity contribution is 7.12. The lowest BCUT2D eigenvalue weighted by atomic mass is 10.3. The van der Waals surface area contributed by atoms with E-state index in [2.05, 4.69) is 10.3 Å². The van der Waals surface area contributed by atoms with Crippen molar-refractivity contribution in [3.05, 3.63) is 22.4 Å². The summed E-state index contributed by atoms with van der Waals surface area (Å²) in [4.78, 5) is 16.6. The van der Waals surface area contributed by atoms with Crippen LogP contribution in [-0.2, 0) is 4.74 Å². The molecule has 0 aromatic carbocycles. The molecule has 80 valence electrons. The van der Waals surface area contributed by atoms with Crippen molar-refractivity contribution in [1.29, 1.82) is 0 Å². The zero-order chi connectivity index (χ0) is 10.5. The predicted octanol–water partition coefficient (Wildman–Crippen LogP) is 0.949. The molecular weight excluding hydrogens is 212 g/mol. The van der Waals surface area contributed by atoms with E-state index in [1.54, 1.807) is 0 Å². The van der Waals surface area contributed by atoms with Crippen LogP contribution in [0.4, 0.5) is 0 Å². The Hall–Kier alpha value is -1.20. The molecule has 1 aromatic rings. The highest BCUT2D eigenvalue weighted by Gasteiger charge is 2.09. The Balaban J connectivity index is 1.83. The Morgan fingerprint density at radius 2 is 2.60 bits per heavy atom. The van der Waals surface area contributed by atoms with Crippen molar-refractivity contribution in [2.24, 2.45) is 4.99 Å². The van der Waals surface area contributed by atoms with E-state index in [4.69, 9.17) is 4.74 Å². The number of ether oxygens (including phenoxy) is 1. The summed E-state index contributed by atoms with van der Waals surface area (Å²) in [5.41, 5.74) is 0. The highest BCUT2D eigenvalue weighted by Crippen LogP contribution is 2.08. The van der Waals surface area contributed by atoms with E-state index in [0.717, 1.165) is 10.7 Å². The van der Waals surface area contributed by atoms with Crippen LogP contribution in [0.5, 0.6) is 0 Å². The van der Waals surface area contributed by atoms with Gasteiger partial charge in [-0.1, -0.05) is 6.07 Å². The van der Waals surface area contributed by atoms with E-state index < -0.39 is 0 Å². The lowest BCUT2D eigenvalue weighted by molar-refractivity contribution is 0.0998. The van der Waals surface area contributed by atoms with Crippen LogP contribution in [0.1, 0.15) is 9.67 Å². The first-order valence-corrected chi connectivity index (χ1v) is 5.66. The Morgan fingerprint density at radius 3 is 3.27 bits per heavy atom. The molecule has 15 heavy (non-hydrogen) atoms. The molecular formula is C10H12N2O2S. The van der Waals surface area contributed by atoms with Gasteiger partial charge in [-0.05, 0) is 11.4 Å². The summed E-state index contributed by atoms with van der Waals surface area (Å²) in [6.07, 6.45) is 0. The number of nitrogens with one attached hydrogen (secondary N) is 1. The Kier molecular flexibility index (Phi) is 3.47. The van der Waals surface area contributed by atoms with Crippen molar-refractivity contribution in [2.45, 2.75) is 0 Å². The minimum absolute atomic E-state index is 0.0956. The molecule has 0 saturated carbocycles. The zero-order valence-electron chi connectivity index (χ0n) is 8.23. The summed E-state index contributed by atoms with van der Waals surface area (Å²) >= 11 is 1.46. The molecule has 1 N–H and O–H groups in total. The summed E-state index contributed by atoms with van der Waals surface area (Å²) in [5.74, 6) is 0.865. The molecule has 2 rings (SSSR count). The summed E-state index contributed by atoms with van der Waals surface area (Å²) in [7, 11) is 0. The van der Waals surface area contributed by atoms with Gasteiger partial charge in [-0.25, -0.2) is 0 Å². The smallest absolute Gasteiger partial charge is 0.191 e. The van der Waals surface area contributed by atoms with Crippen LogP contribution < -0.4 is 5.32 Å². The van der Waals surface area contributed by atoms with Crippen LogP contribution in [0.25, 0.3) is 0 Å². The lowest BCUT2D eigenvalue weighted by Gasteiger charge is -2.13. The number of rotatable bonds is 3. The van der Waals surface area contributed by atoms with Gasteiger partial charge in [0.1, 0.15) is 12.4 Å². The maximum absolute atomic E-state index is 11.6. The molecule has 0 fully saturated rings. The SMILES string of the molecule is O=C(CNC1=NCCOC1)c1cccs1. The van der Waals surface area contributed by atoms with Crippen LogP contribution >= 0.6 is 11.3 Å². The van der Waals surface area contributed by atoms with Gasteiger partial charge in [-0.15, -0.1) is 11.3 Å². The van der Waals surface area contributed by atoms with Crippen molar-refractivity contribution in [3.8, 4) is 0 Å². The summed E-state index contributed by atoms with van der Waals surface area (Å²) in [6, 6.07) is 3.70. The average molecular weight is 224 g/mol. The van der Waals surface area contributed by atoms with Gasteiger partial charge in [0.2, 0.25) is 0 Å². The van der Waals surface area contributed by atoms with Gasteiger partial charge in [-0.3, -0.25) is 9.79 Å². The highest BCUT2D eigenvalue weighted by atomic mass is 32.1. The first-order chi connectivity index (χ1) is 7.36. The third-order valence-electron chi connectivity index (χ3n) is 2.03. The maximum Gasteiger partial charge on any atom is 0.191 e. The summed E-state index contributed by atoms with van der Waals surface area (Å²) < 4.78 is 5.20. The predicted molar refractivity (Wildman–Crippen MR) is 59.8 cm³/mol. The van der Waals surface area contributed by atoms with Gasteiger partial charge in [0.05, 0.1) is 24.6 Å².